The Hall–Kier alpha value is -3.18. The number of hydrogen-bond donors (Lipinski definition) is 3. The average molecular weight is 485 g/mol. The number of rotatable bonds is 7. The van der Waals surface area contributed by atoms with Crippen LogP contribution in [0.1, 0.15) is 47.3 Å². The number of amides is 2. The molecular formula is C21H23ClF2N4O5. The summed E-state index contributed by atoms with van der Waals surface area (Å²) in [6, 6.07) is 1.96. The molecule has 0 radical (unpaired) electrons. The van der Waals surface area contributed by atoms with Gasteiger partial charge >= 0.3 is 0 Å². The molecule has 2 unspecified atom stereocenters. The highest BCUT2D eigenvalue weighted by molar-refractivity contribution is 6.30. The molecule has 33 heavy (non-hydrogen) atoms. The van der Waals surface area contributed by atoms with Crippen molar-refractivity contribution < 1.29 is 28.6 Å². The number of aliphatic hydroxyl groups excluding tert-OH is 1. The number of aromatic nitrogens is 1. The summed E-state index contributed by atoms with van der Waals surface area (Å²) in [5.41, 5.74) is -2.17. The summed E-state index contributed by atoms with van der Waals surface area (Å²) in [4.78, 5) is 38.5. The number of carbonyl (C=O) groups is 2. The van der Waals surface area contributed by atoms with Crippen LogP contribution in [0.3, 0.4) is 0 Å². The Balaban J connectivity index is 2.05. The third-order valence-electron chi connectivity index (χ3n) is 5.72. The molecule has 3 rings (SSSR count). The molecule has 3 N–H and O–H groups in total. The fourth-order valence-corrected chi connectivity index (χ4v) is 4.07. The first-order valence-electron chi connectivity index (χ1n) is 10.1. The van der Waals surface area contributed by atoms with Gasteiger partial charge in [-0.25, -0.2) is 8.78 Å². The van der Waals surface area contributed by atoms with Crippen molar-refractivity contribution in [3.05, 3.63) is 61.5 Å². The standard InChI is InChI=1S/C21H23ClF2N4O5/c1-4-26(9-29)11(3)27-8-15(30)18-16(20(32)19(31)10(2)28(18)27)21(33)25-7-12-14(23)6-5-13(22)17(12)24/h5-6,9,11,15,30-31H,4,7-8H2,1-3H3,(H,25,33). The van der Waals surface area contributed by atoms with E-state index in [1.807, 2.05) is 0 Å². The van der Waals surface area contributed by atoms with E-state index in [1.165, 1.54) is 21.5 Å². The zero-order chi connectivity index (χ0) is 24.6. The molecule has 9 nitrogen and oxygen atoms in total. The zero-order valence-electron chi connectivity index (χ0n) is 18.1. The normalized spacial score (nSPS) is 15.8. The van der Waals surface area contributed by atoms with Gasteiger partial charge in [0.05, 0.1) is 23.0 Å². The van der Waals surface area contributed by atoms with E-state index in [-0.39, 0.29) is 23.0 Å². The molecule has 178 valence electrons. The van der Waals surface area contributed by atoms with Crippen LogP contribution in [0, 0.1) is 18.6 Å². The highest BCUT2D eigenvalue weighted by Gasteiger charge is 2.38. The van der Waals surface area contributed by atoms with Crippen molar-refractivity contribution in [3.8, 4) is 5.75 Å². The molecule has 1 aromatic carbocycles. The number of aromatic hydroxyl groups is 1. The summed E-state index contributed by atoms with van der Waals surface area (Å²) in [5.74, 6) is -3.78. The van der Waals surface area contributed by atoms with Gasteiger partial charge in [0, 0.05) is 18.7 Å². The maximum atomic E-state index is 14.2. The molecule has 0 fully saturated rings. The second kappa shape index (κ2) is 9.36. The molecule has 0 aliphatic carbocycles. The summed E-state index contributed by atoms with van der Waals surface area (Å²) >= 11 is 5.66. The fourth-order valence-electron chi connectivity index (χ4n) is 3.90. The zero-order valence-corrected chi connectivity index (χ0v) is 18.9. The van der Waals surface area contributed by atoms with E-state index in [0.29, 0.717) is 13.0 Å². The summed E-state index contributed by atoms with van der Waals surface area (Å²) < 4.78 is 29.5. The Labute approximate surface area is 192 Å². The Morgan fingerprint density at radius 2 is 2.09 bits per heavy atom. The molecule has 0 saturated heterocycles. The van der Waals surface area contributed by atoms with Crippen LogP contribution in [-0.2, 0) is 11.3 Å². The molecule has 0 spiro atoms. The van der Waals surface area contributed by atoms with Crippen LogP contribution >= 0.6 is 11.6 Å². The summed E-state index contributed by atoms with van der Waals surface area (Å²) in [7, 11) is 0. The molecule has 1 aromatic heterocycles. The van der Waals surface area contributed by atoms with Gasteiger partial charge in [-0.15, -0.1) is 0 Å². The van der Waals surface area contributed by atoms with Crippen molar-refractivity contribution in [2.75, 3.05) is 18.1 Å². The number of halogens is 3. The number of fused-ring (bicyclic) bond motifs is 1. The molecule has 2 aromatic rings. The van der Waals surface area contributed by atoms with E-state index in [2.05, 4.69) is 5.32 Å². The number of benzene rings is 1. The number of carbonyl (C=O) groups excluding carboxylic acids is 2. The quantitative estimate of drug-likeness (QED) is 0.405. The maximum Gasteiger partial charge on any atom is 0.257 e. The van der Waals surface area contributed by atoms with Gasteiger partial charge in [-0.3, -0.25) is 24.1 Å². The van der Waals surface area contributed by atoms with Crippen molar-refractivity contribution in [1.82, 2.24) is 14.9 Å². The lowest BCUT2D eigenvalue weighted by atomic mass is 10.1. The first-order valence-corrected chi connectivity index (χ1v) is 10.5. The lowest BCUT2D eigenvalue weighted by molar-refractivity contribution is -0.120. The molecule has 2 atom stereocenters. The number of β-amino-alcohol motifs (C(OH)–C–C–N with tert-alkyl or cyclic N) is 1. The molecule has 12 heteroatoms. The van der Waals surface area contributed by atoms with Crippen molar-refractivity contribution >= 4 is 23.9 Å². The number of hydrogen-bond acceptors (Lipinski definition) is 6. The van der Waals surface area contributed by atoms with Gasteiger partial charge in [-0.05, 0) is 32.9 Å². The third-order valence-corrected chi connectivity index (χ3v) is 6.01. The van der Waals surface area contributed by atoms with Gasteiger partial charge in [0.2, 0.25) is 11.8 Å². The van der Waals surface area contributed by atoms with Crippen LogP contribution in [0.2, 0.25) is 5.02 Å². The minimum Gasteiger partial charge on any atom is -0.503 e. The lowest BCUT2D eigenvalue weighted by Crippen LogP contribution is -2.51. The van der Waals surface area contributed by atoms with Gasteiger partial charge < -0.3 is 20.4 Å². The van der Waals surface area contributed by atoms with Gasteiger partial charge in [0.25, 0.3) is 5.91 Å². The van der Waals surface area contributed by atoms with Gasteiger partial charge in [0.1, 0.15) is 29.5 Å². The Morgan fingerprint density at radius 3 is 2.70 bits per heavy atom. The van der Waals surface area contributed by atoms with Crippen molar-refractivity contribution in [1.29, 1.82) is 0 Å². The number of nitrogens with zero attached hydrogens (tertiary/aromatic N) is 3. The number of pyridine rings is 1. The molecule has 1 aliphatic rings. The predicted octanol–water partition coefficient (Wildman–Crippen LogP) is 1.53. The predicted molar refractivity (Wildman–Crippen MR) is 116 cm³/mol. The number of nitrogens with one attached hydrogen (secondary N) is 1. The highest BCUT2D eigenvalue weighted by Crippen LogP contribution is 2.31. The van der Waals surface area contributed by atoms with Crippen LogP contribution in [0.15, 0.2) is 16.9 Å². The second-order valence-electron chi connectivity index (χ2n) is 7.55. The largest absolute Gasteiger partial charge is 0.503 e. The summed E-state index contributed by atoms with van der Waals surface area (Å²) in [6.45, 7) is 4.50. The maximum absolute atomic E-state index is 14.2. The highest BCUT2D eigenvalue weighted by atomic mass is 35.5. The van der Waals surface area contributed by atoms with Crippen LogP contribution < -0.4 is 15.8 Å². The van der Waals surface area contributed by atoms with Gasteiger partial charge in [-0.2, -0.15) is 0 Å². The lowest BCUT2D eigenvalue weighted by Gasteiger charge is -2.35. The minimum absolute atomic E-state index is 0.0591. The van der Waals surface area contributed by atoms with Gasteiger partial charge in [0.15, 0.2) is 5.75 Å². The van der Waals surface area contributed by atoms with Crippen LogP contribution in [-0.4, -0.2) is 51.4 Å². The van der Waals surface area contributed by atoms with Crippen LogP contribution in [0.4, 0.5) is 8.78 Å². The van der Waals surface area contributed by atoms with Crippen LogP contribution in [0.25, 0.3) is 0 Å². The van der Waals surface area contributed by atoms with E-state index in [1.54, 1.807) is 13.8 Å². The van der Waals surface area contributed by atoms with Crippen LogP contribution in [0.5, 0.6) is 5.75 Å². The van der Waals surface area contributed by atoms with E-state index in [0.717, 1.165) is 12.1 Å². The topological polar surface area (TPSA) is 115 Å². The van der Waals surface area contributed by atoms with E-state index in [9.17, 15) is 33.4 Å². The summed E-state index contributed by atoms with van der Waals surface area (Å²) in [6.07, 6.45) is -1.28. The molecule has 0 bridgehead atoms. The Bertz CT molecular complexity index is 1170. The third kappa shape index (κ3) is 4.13. The Morgan fingerprint density at radius 1 is 1.42 bits per heavy atom. The Kier molecular flexibility index (Phi) is 6.94. The average Bonchev–Trinajstić information content (AvgIpc) is 3.12. The van der Waals surface area contributed by atoms with Crippen molar-refractivity contribution in [2.45, 2.75) is 39.6 Å². The summed E-state index contributed by atoms with van der Waals surface area (Å²) in [5, 5.41) is 24.5. The first-order chi connectivity index (χ1) is 15.5. The van der Waals surface area contributed by atoms with Gasteiger partial charge in [-0.1, -0.05) is 11.6 Å². The molecule has 0 saturated carbocycles. The minimum atomic E-state index is -1.31. The van der Waals surface area contributed by atoms with E-state index >= 15 is 0 Å². The first kappa shape index (κ1) is 24.5. The SMILES string of the molecule is CCN(C=O)C(C)N1CC(O)c2c(C(=O)NCc3c(F)ccc(Cl)c3F)c(=O)c(O)c(C)n21. The smallest absolute Gasteiger partial charge is 0.257 e. The monoisotopic (exact) mass is 484 g/mol. The second-order valence-corrected chi connectivity index (χ2v) is 7.95. The van der Waals surface area contributed by atoms with Crippen molar-refractivity contribution in [3.63, 3.8) is 0 Å². The molecule has 2 heterocycles. The van der Waals surface area contributed by atoms with Crippen molar-refractivity contribution in [2.24, 2.45) is 0 Å². The van der Waals surface area contributed by atoms with E-state index in [4.69, 9.17) is 11.6 Å². The molecular weight excluding hydrogens is 462 g/mol. The molecule has 2 amide bonds. The number of aliphatic hydroxyl groups is 1. The van der Waals surface area contributed by atoms with E-state index < -0.39 is 58.7 Å². The molecule has 1 aliphatic heterocycles. The fraction of sp³-hybridized carbons (Fsp3) is 0.381.